The molecule has 0 aromatic carbocycles. The zero-order valence-electron chi connectivity index (χ0n) is 12.7. The van der Waals surface area contributed by atoms with Crippen LogP contribution in [0.25, 0.3) is 0 Å². The van der Waals surface area contributed by atoms with Gasteiger partial charge >= 0.3 is 5.97 Å². The number of nitrogens with two attached hydrogens (primary N) is 1. The molecule has 1 aromatic rings. The Kier molecular flexibility index (Phi) is 4.20. The van der Waals surface area contributed by atoms with Crippen molar-refractivity contribution in [2.24, 2.45) is 5.92 Å². The van der Waals surface area contributed by atoms with Crippen LogP contribution in [0.15, 0.2) is 0 Å². The van der Waals surface area contributed by atoms with Gasteiger partial charge in [-0.05, 0) is 32.6 Å². The number of rotatable bonds is 3. The summed E-state index contributed by atoms with van der Waals surface area (Å²) in [5, 5.41) is 4.54. The normalized spacial score (nSPS) is 16.8. The van der Waals surface area contributed by atoms with E-state index in [0.29, 0.717) is 17.2 Å². The lowest BCUT2D eigenvalue weighted by atomic mass is 9.99. The highest BCUT2D eigenvalue weighted by Crippen LogP contribution is 2.31. The van der Waals surface area contributed by atoms with Crippen molar-refractivity contribution >= 4 is 17.6 Å². The topological polar surface area (TPSA) is 73.4 Å². The van der Waals surface area contributed by atoms with E-state index < -0.39 is 5.97 Å². The molecule has 1 aliphatic rings. The standard InChI is InChI=1S/C14H24N4O2/c1-9(2)18-12(15)11(14(19)20-4)13(16-18)17-7-5-10(3)6-8-17/h9-10H,5-8,15H2,1-4H3. The van der Waals surface area contributed by atoms with Crippen LogP contribution in [0.2, 0.25) is 0 Å². The number of carbonyl (C=O) groups excluding carboxylic acids is 1. The van der Waals surface area contributed by atoms with Crippen LogP contribution in [0.5, 0.6) is 0 Å². The fraction of sp³-hybridized carbons (Fsp3) is 0.714. The van der Waals surface area contributed by atoms with Crippen LogP contribution in [0.4, 0.5) is 11.6 Å². The van der Waals surface area contributed by atoms with Gasteiger partial charge in [0.1, 0.15) is 11.4 Å². The second kappa shape index (κ2) is 5.73. The molecular weight excluding hydrogens is 256 g/mol. The minimum absolute atomic E-state index is 0.107. The Morgan fingerprint density at radius 3 is 2.50 bits per heavy atom. The molecule has 0 bridgehead atoms. The van der Waals surface area contributed by atoms with Crippen molar-refractivity contribution in [2.75, 3.05) is 30.8 Å². The van der Waals surface area contributed by atoms with Gasteiger partial charge in [0.15, 0.2) is 5.82 Å². The molecule has 112 valence electrons. The van der Waals surface area contributed by atoms with Gasteiger partial charge in [0.05, 0.1) is 7.11 Å². The lowest BCUT2D eigenvalue weighted by molar-refractivity contribution is 0.0602. The van der Waals surface area contributed by atoms with E-state index in [2.05, 4.69) is 16.9 Å². The molecule has 1 aromatic heterocycles. The molecule has 2 rings (SSSR count). The summed E-state index contributed by atoms with van der Waals surface area (Å²) in [6.45, 7) is 8.04. The van der Waals surface area contributed by atoms with E-state index >= 15 is 0 Å². The maximum atomic E-state index is 12.0. The van der Waals surface area contributed by atoms with Crippen molar-refractivity contribution in [1.29, 1.82) is 0 Å². The number of carbonyl (C=O) groups is 1. The summed E-state index contributed by atoms with van der Waals surface area (Å²) in [5.74, 6) is 1.36. The molecule has 0 saturated carbocycles. The fourth-order valence-electron chi connectivity index (χ4n) is 2.57. The number of nitrogen functional groups attached to an aromatic ring is 1. The van der Waals surface area contributed by atoms with Gasteiger partial charge in [0.25, 0.3) is 0 Å². The third-order valence-corrected chi connectivity index (χ3v) is 3.89. The first kappa shape index (κ1) is 14.7. The van der Waals surface area contributed by atoms with Gasteiger partial charge in [0, 0.05) is 19.1 Å². The number of anilines is 2. The number of ether oxygens (including phenoxy) is 1. The summed E-state index contributed by atoms with van der Waals surface area (Å²) >= 11 is 0. The smallest absolute Gasteiger partial charge is 0.345 e. The number of hydrogen-bond donors (Lipinski definition) is 1. The molecule has 0 amide bonds. The highest BCUT2D eigenvalue weighted by molar-refractivity contribution is 5.99. The Morgan fingerprint density at radius 1 is 1.40 bits per heavy atom. The lowest BCUT2D eigenvalue weighted by Gasteiger charge is -2.30. The number of hydrogen-bond acceptors (Lipinski definition) is 5. The number of nitrogens with zero attached hydrogens (tertiary/aromatic N) is 3. The number of esters is 1. The minimum atomic E-state index is -0.414. The van der Waals surface area contributed by atoms with E-state index in [1.807, 2.05) is 13.8 Å². The van der Waals surface area contributed by atoms with Crippen LogP contribution in [0, 0.1) is 5.92 Å². The largest absolute Gasteiger partial charge is 0.465 e. The predicted molar refractivity (Wildman–Crippen MR) is 79.0 cm³/mol. The van der Waals surface area contributed by atoms with Crippen molar-refractivity contribution < 1.29 is 9.53 Å². The Labute approximate surface area is 119 Å². The molecule has 0 unspecified atom stereocenters. The van der Waals surface area contributed by atoms with Gasteiger partial charge in [-0.3, -0.25) is 0 Å². The first-order valence-electron chi connectivity index (χ1n) is 7.17. The average Bonchev–Trinajstić information content (AvgIpc) is 2.76. The number of aromatic nitrogens is 2. The van der Waals surface area contributed by atoms with Crippen LogP contribution in [0.3, 0.4) is 0 Å². The van der Waals surface area contributed by atoms with E-state index in [4.69, 9.17) is 10.5 Å². The summed E-state index contributed by atoms with van der Waals surface area (Å²) < 4.78 is 6.56. The number of piperidine rings is 1. The molecule has 0 spiro atoms. The van der Waals surface area contributed by atoms with Gasteiger partial charge in [0.2, 0.25) is 0 Å². The fourth-order valence-corrected chi connectivity index (χ4v) is 2.57. The monoisotopic (exact) mass is 280 g/mol. The Morgan fingerprint density at radius 2 is 2.00 bits per heavy atom. The van der Waals surface area contributed by atoms with Crippen molar-refractivity contribution in [2.45, 2.75) is 39.7 Å². The molecule has 1 fully saturated rings. The maximum Gasteiger partial charge on any atom is 0.345 e. The predicted octanol–water partition coefficient (Wildman–Crippen LogP) is 2.07. The molecular formula is C14H24N4O2. The SMILES string of the molecule is COC(=O)c1c(N2CCC(C)CC2)nn(C(C)C)c1N. The van der Waals surface area contributed by atoms with E-state index in [-0.39, 0.29) is 6.04 Å². The first-order valence-corrected chi connectivity index (χ1v) is 7.17. The molecule has 6 heteroatoms. The minimum Gasteiger partial charge on any atom is -0.465 e. The molecule has 2 N–H and O–H groups in total. The van der Waals surface area contributed by atoms with Crippen LogP contribution >= 0.6 is 0 Å². The van der Waals surface area contributed by atoms with Gasteiger partial charge in [-0.15, -0.1) is 0 Å². The third kappa shape index (κ3) is 2.59. The molecule has 20 heavy (non-hydrogen) atoms. The van der Waals surface area contributed by atoms with Crippen molar-refractivity contribution in [3.8, 4) is 0 Å². The van der Waals surface area contributed by atoms with Crippen LogP contribution in [0.1, 0.15) is 50.0 Å². The van der Waals surface area contributed by atoms with E-state index in [9.17, 15) is 4.79 Å². The zero-order valence-corrected chi connectivity index (χ0v) is 12.7. The number of methoxy groups -OCH3 is 1. The van der Waals surface area contributed by atoms with Gasteiger partial charge in [-0.2, -0.15) is 5.10 Å². The average molecular weight is 280 g/mol. The molecule has 1 aliphatic heterocycles. The third-order valence-electron chi connectivity index (χ3n) is 3.89. The summed E-state index contributed by atoms with van der Waals surface area (Å²) in [6, 6.07) is 0.107. The summed E-state index contributed by atoms with van der Waals surface area (Å²) in [4.78, 5) is 14.2. The van der Waals surface area contributed by atoms with E-state index in [0.717, 1.165) is 31.8 Å². The van der Waals surface area contributed by atoms with Crippen LogP contribution < -0.4 is 10.6 Å². The summed E-state index contributed by atoms with van der Waals surface area (Å²) in [6.07, 6.45) is 2.21. The zero-order chi connectivity index (χ0) is 14.9. The second-order valence-electron chi connectivity index (χ2n) is 5.78. The molecule has 6 nitrogen and oxygen atoms in total. The summed E-state index contributed by atoms with van der Waals surface area (Å²) in [5.41, 5.74) is 6.49. The van der Waals surface area contributed by atoms with Gasteiger partial charge < -0.3 is 15.4 Å². The molecule has 0 aliphatic carbocycles. The van der Waals surface area contributed by atoms with Crippen LogP contribution in [-0.4, -0.2) is 35.9 Å². The van der Waals surface area contributed by atoms with E-state index in [1.165, 1.54) is 7.11 Å². The Balaban J connectivity index is 2.40. The van der Waals surface area contributed by atoms with Crippen molar-refractivity contribution in [1.82, 2.24) is 9.78 Å². The van der Waals surface area contributed by atoms with Crippen molar-refractivity contribution in [3.63, 3.8) is 0 Å². The molecule has 2 heterocycles. The van der Waals surface area contributed by atoms with Gasteiger partial charge in [-0.1, -0.05) is 6.92 Å². The Bertz CT molecular complexity index is 488. The molecule has 0 atom stereocenters. The Hall–Kier alpha value is -1.72. The van der Waals surface area contributed by atoms with E-state index in [1.54, 1.807) is 4.68 Å². The quantitative estimate of drug-likeness (QED) is 0.858. The molecule has 1 saturated heterocycles. The molecule has 0 radical (unpaired) electrons. The summed E-state index contributed by atoms with van der Waals surface area (Å²) in [7, 11) is 1.37. The second-order valence-corrected chi connectivity index (χ2v) is 5.78. The lowest BCUT2D eigenvalue weighted by Crippen LogP contribution is -2.34. The van der Waals surface area contributed by atoms with Crippen LogP contribution in [-0.2, 0) is 4.74 Å². The van der Waals surface area contributed by atoms with Crippen molar-refractivity contribution in [3.05, 3.63) is 5.56 Å². The van der Waals surface area contributed by atoms with Gasteiger partial charge in [-0.25, -0.2) is 9.48 Å². The maximum absolute atomic E-state index is 12.0. The highest BCUT2D eigenvalue weighted by atomic mass is 16.5. The first-order chi connectivity index (χ1) is 9.45. The highest BCUT2D eigenvalue weighted by Gasteiger charge is 2.29.